The molecule has 1 aromatic rings. The number of sulfonamides is 1. The lowest BCUT2D eigenvalue weighted by Gasteiger charge is -2.11. The van der Waals surface area contributed by atoms with Crippen molar-refractivity contribution in [3.63, 3.8) is 0 Å². The third-order valence-corrected chi connectivity index (χ3v) is 5.47. The maximum absolute atomic E-state index is 11.7. The van der Waals surface area contributed by atoms with Crippen molar-refractivity contribution >= 4 is 20.1 Å². The van der Waals surface area contributed by atoms with Gasteiger partial charge >= 0.3 is 10.1 Å². The molecular weight excluding hydrogens is 314 g/mol. The minimum absolute atomic E-state index is 0.000150. The van der Waals surface area contributed by atoms with Crippen molar-refractivity contribution < 1.29 is 21.0 Å². The van der Waals surface area contributed by atoms with Crippen LogP contribution in [-0.4, -0.2) is 28.3 Å². The van der Waals surface area contributed by atoms with Gasteiger partial charge in [-0.1, -0.05) is 32.0 Å². The van der Waals surface area contributed by atoms with E-state index in [1.54, 1.807) is 32.0 Å². The number of hydrogen-bond donors (Lipinski definition) is 1. The topological polar surface area (TPSA) is 89.5 Å². The lowest BCUT2D eigenvalue weighted by Crippen LogP contribution is -2.26. The highest BCUT2D eigenvalue weighted by atomic mass is 32.2. The minimum atomic E-state index is -3.65. The SMILES string of the molecule is CCCS(=O)(=O)NCc1ccccc1OS(=O)(=O)CCC. The minimum Gasteiger partial charge on any atom is -0.382 e. The molecule has 1 aromatic carbocycles. The molecule has 0 bridgehead atoms. The summed E-state index contributed by atoms with van der Waals surface area (Å²) in [6.07, 6.45) is 0.964. The molecule has 0 heterocycles. The van der Waals surface area contributed by atoms with Gasteiger partial charge in [0.1, 0.15) is 5.75 Å². The molecule has 0 amide bonds. The fraction of sp³-hybridized carbons (Fsp3) is 0.538. The molecule has 21 heavy (non-hydrogen) atoms. The molecule has 0 atom stereocenters. The second-order valence-electron chi connectivity index (χ2n) is 4.59. The summed E-state index contributed by atoms with van der Waals surface area (Å²) >= 11 is 0. The Kier molecular flexibility index (Phi) is 6.63. The van der Waals surface area contributed by atoms with Crippen molar-refractivity contribution in [2.45, 2.75) is 33.2 Å². The summed E-state index contributed by atoms with van der Waals surface area (Å²) in [6, 6.07) is 6.48. The number of rotatable bonds is 9. The molecule has 0 radical (unpaired) electrons. The molecule has 1 N–H and O–H groups in total. The predicted octanol–water partition coefficient (Wildman–Crippen LogP) is 1.63. The van der Waals surface area contributed by atoms with E-state index in [1.807, 2.05) is 0 Å². The highest BCUT2D eigenvalue weighted by molar-refractivity contribution is 7.89. The lowest BCUT2D eigenvalue weighted by molar-refractivity contribution is 0.481. The zero-order valence-corrected chi connectivity index (χ0v) is 13.8. The number of nitrogens with one attached hydrogen (secondary N) is 1. The van der Waals surface area contributed by atoms with E-state index in [1.165, 1.54) is 6.07 Å². The first-order valence-electron chi connectivity index (χ1n) is 6.77. The normalized spacial score (nSPS) is 12.3. The van der Waals surface area contributed by atoms with E-state index in [0.717, 1.165) is 0 Å². The molecule has 1 rings (SSSR count). The summed E-state index contributed by atoms with van der Waals surface area (Å²) in [7, 11) is -7.00. The van der Waals surface area contributed by atoms with E-state index in [2.05, 4.69) is 4.72 Å². The summed E-state index contributed by atoms with van der Waals surface area (Å²) in [5.41, 5.74) is 0.483. The quantitative estimate of drug-likeness (QED) is 0.693. The summed E-state index contributed by atoms with van der Waals surface area (Å²) in [4.78, 5) is 0. The van der Waals surface area contributed by atoms with Gasteiger partial charge in [-0.2, -0.15) is 8.42 Å². The molecule has 0 saturated carbocycles. The first-order valence-corrected chi connectivity index (χ1v) is 10.00. The zero-order valence-electron chi connectivity index (χ0n) is 12.2. The van der Waals surface area contributed by atoms with Crippen LogP contribution in [0.15, 0.2) is 24.3 Å². The molecule has 0 unspecified atom stereocenters. The monoisotopic (exact) mass is 335 g/mol. The molecular formula is C13H21NO5S2. The smallest absolute Gasteiger partial charge is 0.309 e. The molecule has 6 nitrogen and oxygen atoms in total. The van der Waals surface area contributed by atoms with E-state index in [4.69, 9.17) is 4.18 Å². The molecule has 0 fully saturated rings. The largest absolute Gasteiger partial charge is 0.382 e. The van der Waals surface area contributed by atoms with Gasteiger partial charge in [-0.3, -0.25) is 0 Å². The maximum Gasteiger partial charge on any atom is 0.309 e. The number of benzene rings is 1. The fourth-order valence-electron chi connectivity index (χ4n) is 1.69. The van der Waals surface area contributed by atoms with Gasteiger partial charge in [0, 0.05) is 12.1 Å². The van der Waals surface area contributed by atoms with Crippen LogP contribution in [0.2, 0.25) is 0 Å². The van der Waals surface area contributed by atoms with Crippen LogP contribution in [0.25, 0.3) is 0 Å². The van der Waals surface area contributed by atoms with Crippen molar-refractivity contribution in [2.75, 3.05) is 11.5 Å². The van der Waals surface area contributed by atoms with Crippen LogP contribution in [0, 0.1) is 0 Å². The van der Waals surface area contributed by atoms with E-state index in [-0.39, 0.29) is 23.8 Å². The number of para-hydroxylation sites is 1. The van der Waals surface area contributed by atoms with E-state index in [9.17, 15) is 16.8 Å². The summed E-state index contributed by atoms with van der Waals surface area (Å²) in [6.45, 7) is 3.51. The fourth-order valence-corrected chi connectivity index (χ4v) is 3.76. The van der Waals surface area contributed by atoms with Crippen LogP contribution in [-0.2, 0) is 26.7 Å². The molecule has 0 aliphatic carbocycles. The molecule has 0 aliphatic heterocycles. The zero-order chi connectivity index (χ0) is 15.9. The highest BCUT2D eigenvalue weighted by Crippen LogP contribution is 2.20. The molecule has 8 heteroatoms. The Balaban J connectivity index is 2.85. The lowest BCUT2D eigenvalue weighted by atomic mass is 10.2. The second kappa shape index (κ2) is 7.77. The number of hydrogen-bond acceptors (Lipinski definition) is 5. The first-order chi connectivity index (χ1) is 9.79. The van der Waals surface area contributed by atoms with Crippen molar-refractivity contribution in [3.8, 4) is 5.75 Å². The van der Waals surface area contributed by atoms with Gasteiger partial charge in [0.25, 0.3) is 0 Å². The predicted molar refractivity (Wildman–Crippen MR) is 82.1 cm³/mol. The van der Waals surface area contributed by atoms with Crippen LogP contribution in [0.4, 0.5) is 0 Å². The van der Waals surface area contributed by atoms with Crippen molar-refractivity contribution in [1.29, 1.82) is 0 Å². The third-order valence-electron chi connectivity index (χ3n) is 2.60. The van der Waals surface area contributed by atoms with Crippen LogP contribution in [0.1, 0.15) is 32.3 Å². The second-order valence-corrected chi connectivity index (χ2v) is 8.21. The Morgan fingerprint density at radius 1 is 1.00 bits per heavy atom. The summed E-state index contributed by atoms with van der Waals surface area (Å²) < 4.78 is 54.1. The van der Waals surface area contributed by atoms with Gasteiger partial charge in [-0.05, 0) is 18.9 Å². The molecule has 120 valence electrons. The van der Waals surface area contributed by atoms with Gasteiger partial charge in [0.2, 0.25) is 10.0 Å². The Hall–Kier alpha value is -1.12. The van der Waals surface area contributed by atoms with Gasteiger partial charge in [0.05, 0.1) is 11.5 Å². The Bertz CT molecular complexity index is 653. The van der Waals surface area contributed by atoms with Crippen LogP contribution >= 0.6 is 0 Å². The van der Waals surface area contributed by atoms with Gasteiger partial charge in [-0.25, -0.2) is 13.1 Å². The van der Waals surface area contributed by atoms with E-state index in [0.29, 0.717) is 18.4 Å². The van der Waals surface area contributed by atoms with Gasteiger partial charge in [0.15, 0.2) is 0 Å². The molecule has 0 saturated heterocycles. The van der Waals surface area contributed by atoms with E-state index < -0.39 is 20.1 Å². The standard InChI is InChI=1S/C13H21NO5S2/c1-3-9-20(15,16)14-11-12-7-5-6-8-13(12)19-21(17,18)10-4-2/h5-8,14H,3-4,9-11H2,1-2H3. The van der Waals surface area contributed by atoms with Crippen LogP contribution < -0.4 is 8.91 Å². The average molecular weight is 335 g/mol. The third kappa shape index (κ3) is 6.45. The Labute approximate surface area is 126 Å². The highest BCUT2D eigenvalue weighted by Gasteiger charge is 2.15. The average Bonchev–Trinajstić information content (AvgIpc) is 2.37. The maximum atomic E-state index is 11.7. The van der Waals surface area contributed by atoms with Crippen LogP contribution in [0.3, 0.4) is 0 Å². The summed E-state index contributed by atoms with van der Waals surface area (Å²) in [5, 5.41) is 0. The van der Waals surface area contributed by atoms with Crippen molar-refractivity contribution in [2.24, 2.45) is 0 Å². The Morgan fingerprint density at radius 2 is 1.62 bits per heavy atom. The van der Waals surface area contributed by atoms with Crippen LogP contribution in [0.5, 0.6) is 5.75 Å². The van der Waals surface area contributed by atoms with Gasteiger partial charge < -0.3 is 4.18 Å². The molecule has 0 spiro atoms. The molecule has 0 aromatic heterocycles. The molecule has 0 aliphatic rings. The van der Waals surface area contributed by atoms with E-state index >= 15 is 0 Å². The first kappa shape index (κ1) is 17.9. The van der Waals surface area contributed by atoms with Crippen molar-refractivity contribution in [1.82, 2.24) is 4.72 Å². The van der Waals surface area contributed by atoms with Gasteiger partial charge in [-0.15, -0.1) is 0 Å². The Morgan fingerprint density at radius 3 is 2.24 bits per heavy atom. The van der Waals surface area contributed by atoms with Crippen molar-refractivity contribution in [3.05, 3.63) is 29.8 Å². The summed E-state index contributed by atoms with van der Waals surface area (Å²) in [5.74, 6) is 0.109.